The Balaban J connectivity index is 2.21. The molecule has 0 aliphatic rings. The minimum Gasteiger partial charge on any atom is -0.391 e. The highest BCUT2D eigenvalue weighted by Crippen LogP contribution is 2.11. The summed E-state index contributed by atoms with van der Waals surface area (Å²) in [6.07, 6.45) is 0. The fraction of sp³-hybridized carbons (Fsp3) is 0.250. The van der Waals surface area contributed by atoms with Crippen LogP contribution < -0.4 is 4.57 Å². The summed E-state index contributed by atoms with van der Waals surface area (Å²) in [7, 11) is 0. The van der Waals surface area contributed by atoms with E-state index in [2.05, 4.69) is 22.2 Å². The zero-order chi connectivity index (χ0) is 10.7. The lowest BCUT2D eigenvalue weighted by Crippen LogP contribution is -2.34. The average molecular weight is 220 g/mol. The number of rotatable bonds is 3. The second-order valence-corrected chi connectivity index (χ2v) is 4.44. The first kappa shape index (κ1) is 10.3. The van der Waals surface area contributed by atoms with Gasteiger partial charge in [-0.3, -0.25) is 0 Å². The quantitative estimate of drug-likeness (QED) is 0.785. The van der Waals surface area contributed by atoms with E-state index in [9.17, 15) is 0 Å². The number of hydrogen-bond donors (Lipinski definition) is 1. The van der Waals surface area contributed by atoms with Gasteiger partial charge in [-0.05, 0) is 0 Å². The van der Waals surface area contributed by atoms with Crippen LogP contribution in [0, 0.1) is 6.92 Å². The van der Waals surface area contributed by atoms with Crippen LogP contribution in [0.1, 0.15) is 16.1 Å². The van der Waals surface area contributed by atoms with Gasteiger partial charge < -0.3 is 5.11 Å². The van der Waals surface area contributed by atoms with Crippen molar-refractivity contribution in [3.8, 4) is 0 Å². The third kappa shape index (κ3) is 2.25. The van der Waals surface area contributed by atoms with E-state index >= 15 is 0 Å². The molecule has 0 amide bonds. The maximum Gasteiger partial charge on any atom is 0.225 e. The van der Waals surface area contributed by atoms with Crippen molar-refractivity contribution in [3.05, 3.63) is 52.0 Å². The van der Waals surface area contributed by atoms with Gasteiger partial charge in [0.05, 0.1) is 6.61 Å². The van der Waals surface area contributed by atoms with Crippen LogP contribution in [0.5, 0.6) is 0 Å². The molecule has 2 aromatic rings. The van der Waals surface area contributed by atoms with Crippen molar-refractivity contribution in [1.82, 2.24) is 0 Å². The SMILES string of the molecule is Cc1c(CO)sc[n+]1Cc1ccccc1. The molecular weight excluding hydrogens is 206 g/mol. The highest BCUT2D eigenvalue weighted by Gasteiger charge is 2.14. The van der Waals surface area contributed by atoms with Gasteiger partial charge in [0, 0.05) is 12.5 Å². The Morgan fingerprint density at radius 3 is 2.60 bits per heavy atom. The molecule has 2 rings (SSSR count). The van der Waals surface area contributed by atoms with Crippen molar-refractivity contribution in [1.29, 1.82) is 0 Å². The van der Waals surface area contributed by atoms with Crippen molar-refractivity contribution < 1.29 is 9.67 Å². The Labute approximate surface area is 93.4 Å². The Bertz CT molecular complexity index is 436. The maximum absolute atomic E-state index is 9.09. The van der Waals surface area contributed by atoms with Crippen LogP contribution in [-0.2, 0) is 13.2 Å². The monoisotopic (exact) mass is 220 g/mol. The molecule has 0 saturated carbocycles. The normalized spacial score (nSPS) is 10.5. The van der Waals surface area contributed by atoms with Crippen LogP contribution in [0.2, 0.25) is 0 Å². The summed E-state index contributed by atoms with van der Waals surface area (Å²) in [5, 5.41) is 9.09. The van der Waals surface area contributed by atoms with Crippen LogP contribution in [0.15, 0.2) is 35.8 Å². The molecule has 3 heteroatoms. The van der Waals surface area contributed by atoms with Crippen molar-refractivity contribution >= 4 is 11.3 Å². The van der Waals surface area contributed by atoms with Gasteiger partial charge in [-0.2, -0.15) is 4.57 Å². The molecule has 15 heavy (non-hydrogen) atoms. The van der Waals surface area contributed by atoms with Crippen LogP contribution in [-0.4, -0.2) is 5.11 Å². The molecule has 0 atom stereocenters. The second kappa shape index (κ2) is 4.55. The largest absolute Gasteiger partial charge is 0.391 e. The van der Waals surface area contributed by atoms with E-state index < -0.39 is 0 Å². The Morgan fingerprint density at radius 1 is 1.27 bits per heavy atom. The van der Waals surface area contributed by atoms with Gasteiger partial charge in [0.25, 0.3) is 0 Å². The van der Waals surface area contributed by atoms with E-state index in [0.29, 0.717) is 0 Å². The first-order chi connectivity index (χ1) is 7.31. The summed E-state index contributed by atoms with van der Waals surface area (Å²) in [6.45, 7) is 3.06. The molecule has 0 aliphatic heterocycles. The van der Waals surface area contributed by atoms with Gasteiger partial charge in [0.2, 0.25) is 5.51 Å². The zero-order valence-electron chi connectivity index (χ0n) is 8.68. The number of aromatic nitrogens is 1. The summed E-state index contributed by atoms with van der Waals surface area (Å²) in [5.74, 6) is 0. The van der Waals surface area contributed by atoms with Gasteiger partial charge in [0.1, 0.15) is 4.88 Å². The van der Waals surface area contributed by atoms with Crippen LogP contribution in [0.25, 0.3) is 0 Å². The Hall–Kier alpha value is -1.19. The van der Waals surface area contributed by atoms with Crippen molar-refractivity contribution in [3.63, 3.8) is 0 Å². The predicted octanol–water partition coefficient (Wildman–Crippen LogP) is 1.88. The number of benzene rings is 1. The molecule has 1 heterocycles. The minimum atomic E-state index is 0.137. The van der Waals surface area contributed by atoms with Crippen LogP contribution in [0.3, 0.4) is 0 Å². The molecule has 0 bridgehead atoms. The van der Waals surface area contributed by atoms with Crippen molar-refractivity contribution in [2.24, 2.45) is 0 Å². The van der Waals surface area contributed by atoms with E-state index in [-0.39, 0.29) is 6.61 Å². The first-order valence-corrected chi connectivity index (χ1v) is 5.80. The number of hydrogen-bond acceptors (Lipinski definition) is 2. The summed E-state index contributed by atoms with van der Waals surface area (Å²) < 4.78 is 2.17. The molecule has 1 N–H and O–H groups in total. The first-order valence-electron chi connectivity index (χ1n) is 4.92. The number of aliphatic hydroxyl groups is 1. The molecule has 1 aromatic heterocycles. The second-order valence-electron chi connectivity index (χ2n) is 3.50. The van der Waals surface area contributed by atoms with E-state index in [1.807, 2.05) is 25.1 Å². The van der Waals surface area contributed by atoms with Gasteiger partial charge in [-0.15, -0.1) is 0 Å². The molecule has 0 fully saturated rings. The molecular formula is C12H14NOS+. The topological polar surface area (TPSA) is 24.1 Å². The van der Waals surface area contributed by atoms with Crippen LogP contribution in [0.4, 0.5) is 0 Å². The highest BCUT2D eigenvalue weighted by atomic mass is 32.1. The number of thiazole rings is 1. The zero-order valence-corrected chi connectivity index (χ0v) is 9.50. The molecule has 0 radical (unpaired) electrons. The summed E-state index contributed by atoms with van der Waals surface area (Å²) >= 11 is 1.61. The summed E-state index contributed by atoms with van der Waals surface area (Å²) in [5.41, 5.74) is 4.51. The highest BCUT2D eigenvalue weighted by molar-refractivity contribution is 7.09. The van der Waals surface area contributed by atoms with Crippen LogP contribution >= 0.6 is 11.3 Å². The third-order valence-electron chi connectivity index (χ3n) is 2.50. The fourth-order valence-electron chi connectivity index (χ4n) is 1.54. The maximum atomic E-state index is 9.09. The summed E-state index contributed by atoms with van der Waals surface area (Å²) in [4.78, 5) is 1.05. The summed E-state index contributed by atoms with van der Waals surface area (Å²) in [6, 6.07) is 10.3. The standard InChI is InChI=1S/C12H14NOS/c1-10-12(8-14)15-9-13(10)7-11-5-3-2-4-6-11/h2-6,9,14H,7-8H2,1H3/q+1. The lowest BCUT2D eigenvalue weighted by Gasteiger charge is -1.96. The van der Waals surface area contributed by atoms with Gasteiger partial charge >= 0.3 is 0 Å². The predicted molar refractivity (Wildman–Crippen MR) is 60.7 cm³/mol. The van der Waals surface area contributed by atoms with E-state index in [0.717, 1.165) is 17.1 Å². The van der Waals surface area contributed by atoms with E-state index in [1.54, 1.807) is 11.3 Å². The lowest BCUT2D eigenvalue weighted by molar-refractivity contribution is -0.689. The fourth-order valence-corrected chi connectivity index (χ4v) is 2.39. The molecule has 0 unspecified atom stereocenters. The number of aliphatic hydroxyl groups excluding tert-OH is 1. The van der Waals surface area contributed by atoms with Gasteiger partial charge in [-0.25, -0.2) is 0 Å². The average Bonchev–Trinajstić information content (AvgIpc) is 2.62. The third-order valence-corrected chi connectivity index (χ3v) is 3.56. The van der Waals surface area contributed by atoms with Crippen molar-refractivity contribution in [2.45, 2.75) is 20.1 Å². The molecule has 78 valence electrons. The number of nitrogens with zero attached hydrogens (tertiary/aromatic N) is 1. The van der Waals surface area contributed by atoms with Gasteiger partial charge in [0.15, 0.2) is 12.2 Å². The molecule has 0 aliphatic carbocycles. The molecule has 2 nitrogen and oxygen atoms in total. The van der Waals surface area contributed by atoms with Crippen molar-refractivity contribution in [2.75, 3.05) is 0 Å². The lowest BCUT2D eigenvalue weighted by atomic mass is 10.2. The van der Waals surface area contributed by atoms with E-state index in [4.69, 9.17) is 5.11 Å². The molecule has 0 spiro atoms. The smallest absolute Gasteiger partial charge is 0.225 e. The van der Waals surface area contributed by atoms with E-state index in [1.165, 1.54) is 5.56 Å². The molecule has 1 aromatic carbocycles. The Morgan fingerprint density at radius 2 is 2.00 bits per heavy atom. The minimum absolute atomic E-state index is 0.137. The van der Waals surface area contributed by atoms with Gasteiger partial charge in [-0.1, -0.05) is 41.7 Å². The molecule has 0 saturated heterocycles. The Kier molecular flexibility index (Phi) is 3.14.